The van der Waals surface area contributed by atoms with Gasteiger partial charge in [0.2, 0.25) is 11.8 Å². The van der Waals surface area contributed by atoms with E-state index in [2.05, 4.69) is 10.6 Å². The van der Waals surface area contributed by atoms with Crippen molar-refractivity contribution in [3.63, 3.8) is 0 Å². The molecule has 2 N–H and O–H groups in total. The Morgan fingerprint density at radius 1 is 1.23 bits per heavy atom. The molecule has 0 bridgehead atoms. The van der Waals surface area contributed by atoms with Crippen LogP contribution in [0.3, 0.4) is 0 Å². The van der Waals surface area contributed by atoms with E-state index < -0.39 is 0 Å². The number of carbonyl (C=O) groups excluding carboxylic acids is 2. The summed E-state index contributed by atoms with van der Waals surface area (Å²) in [7, 11) is 1.83. The van der Waals surface area contributed by atoms with Crippen molar-refractivity contribution in [2.24, 2.45) is 5.92 Å². The first-order valence-corrected chi connectivity index (χ1v) is 8.98. The van der Waals surface area contributed by atoms with E-state index >= 15 is 0 Å². The van der Waals surface area contributed by atoms with E-state index in [1.807, 2.05) is 53.9 Å². The Labute approximate surface area is 153 Å². The third-order valence-corrected chi connectivity index (χ3v) is 4.67. The fraction of sp³-hybridized carbons (Fsp3) is 0.474. The minimum Gasteiger partial charge on any atom is -0.378 e. The molecule has 140 valence electrons. The molecule has 1 atom stereocenters. The number of fused-ring (bicyclic) bond motifs is 1. The van der Waals surface area contributed by atoms with Crippen LogP contribution in [0.1, 0.15) is 6.92 Å². The highest BCUT2D eigenvalue weighted by Gasteiger charge is 2.18. The summed E-state index contributed by atoms with van der Waals surface area (Å²) in [6.45, 7) is 5.35. The highest BCUT2D eigenvalue weighted by Crippen LogP contribution is 2.21. The number of anilines is 1. The van der Waals surface area contributed by atoms with Crippen LogP contribution in [0.4, 0.5) is 5.69 Å². The number of rotatable bonds is 6. The number of hydrogen-bond donors (Lipinski definition) is 2. The molecule has 0 saturated carbocycles. The lowest BCUT2D eigenvalue weighted by atomic mass is 10.1. The number of nitrogens with zero attached hydrogens (tertiary/aromatic N) is 2. The average molecular weight is 358 g/mol. The van der Waals surface area contributed by atoms with Crippen LogP contribution < -0.4 is 10.6 Å². The van der Waals surface area contributed by atoms with Crippen LogP contribution >= 0.6 is 0 Å². The summed E-state index contributed by atoms with van der Waals surface area (Å²) in [4.78, 5) is 26.4. The fourth-order valence-corrected chi connectivity index (χ4v) is 3.14. The predicted molar refractivity (Wildman–Crippen MR) is 101 cm³/mol. The SMILES string of the molecule is CNCC(C)C(=O)Nc1ccc2c(ccn2CC(=O)N2CCOCC2)c1. The number of morpholine rings is 1. The van der Waals surface area contributed by atoms with Gasteiger partial charge in [0, 0.05) is 48.3 Å². The van der Waals surface area contributed by atoms with Gasteiger partial charge in [-0.25, -0.2) is 0 Å². The van der Waals surface area contributed by atoms with E-state index in [4.69, 9.17) is 4.74 Å². The second-order valence-electron chi connectivity index (χ2n) is 6.66. The molecule has 1 fully saturated rings. The van der Waals surface area contributed by atoms with Crippen molar-refractivity contribution in [1.82, 2.24) is 14.8 Å². The Hall–Kier alpha value is -2.38. The molecule has 1 aliphatic heterocycles. The number of benzene rings is 1. The molecule has 2 heterocycles. The quantitative estimate of drug-likeness (QED) is 0.816. The zero-order valence-electron chi connectivity index (χ0n) is 15.3. The van der Waals surface area contributed by atoms with Crippen LogP contribution in [-0.2, 0) is 20.9 Å². The number of aromatic nitrogens is 1. The maximum Gasteiger partial charge on any atom is 0.242 e. The summed E-state index contributed by atoms with van der Waals surface area (Å²) in [6.07, 6.45) is 1.91. The van der Waals surface area contributed by atoms with Gasteiger partial charge in [-0.1, -0.05) is 6.92 Å². The fourth-order valence-electron chi connectivity index (χ4n) is 3.14. The van der Waals surface area contributed by atoms with E-state index in [1.54, 1.807) is 0 Å². The first-order chi connectivity index (χ1) is 12.6. The Morgan fingerprint density at radius 3 is 2.73 bits per heavy atom. The molecule has 0 aliphatic carbocycles. The lowest BCUT2D eigenvalue weighted by molar-refractivity contribution is -0.135. The van der Waals surface area contributed by atoms with Gasteiger partial charge in [-0.3, -0.25) is 9.59 Å². The average Bonchev–Trinajstić information content (AvgIpc) is 3.04. The molecule has 1 saturated heterocycles. The molecule has 2 aromatic rings. The van der Waals surface area contributed by atoms with E-state index in [-0.39, 0.29) is 17.7 Å². The van der Waals surface area contributed by atoms with Gasteiger partial charge in [0.05, 0.1) is 13.2 Å². The van der Waals surface area contributed by atoms with Gasteiger partial charge in [0.1, 0.15) is 6.54 Å². The number of amides is 2. The van der Waals surface area contributed by atoms with Crippen LogP contribution in [0.25, 0.3) is 10.9 Å². The molecule has 1 aromatic heterocycles. The first-order valence-electron chi connectivity index (χ1n) is 8.98. The second-order valence-corrected chi connectivity index (χ2v) is 6.66. The maximum absolute atomic E-state index is 12.4. The third-order valence-electron chi connectivity index (χ3n) is 4.67. The van der Waals surface area contributed by atoms with Gasteiger partial charge in [-0.05, 0) is 31.3 Å². The molecule has 0 radical (unpaired) electrons. The van der Waals surface area contributed by atoms with E-state index in [0.717, 1.165) is 16.6 Å². The third kappa shape index (κ3) is 4.23. The second kappa shape index (κ2) is 8.33. The van der Waals surface area contributed by atoms with Gasteiger partial charge < -0.3 is 24.8 Å². The molecular formula is C19H26N4O3. The van der Waals surface area contributed by atoms with Crippen molar-refractivity contribution in [3.05, 3.63) is 30.5 Å². The zero-order valence-corrected chi connectivity index (χ0v) is 15.3. The molecule has 7 nitrogen and oxygen atoms in total. The smallest absolute Gasteiger partial charge is 0.242 e. The minimum absolute atomic E-state index is 0.0133. The Kier molecular flexibility index (Phi) is 5.90. The van der Waals surface area contributed by atoms with Gasteiger partial charge in [-0.2, -0.15) is 0 Å². The van der Waals surface area contributed by atoms with Crippen molar-refractivity contribution in [3.8, 4) is 0 Å². The monoisotopic (exact) mass is 358 g/mol. The Balaban J connectivity index is 1.68. The largest absolute Gasteiger partial charge is 0.378 e. The molecule has 2 amide bonds. The van der Waals surface area contributed by atoms with Gasteiger partial charge >= 0.3 is 0 Å². The van der Waals surface area contributed by atoms with Crippen LogP contribution in [0.2, 0.25) is 0 Å². The van der Waals surface area contributed by atoms with Crippen LogP contribution in [-0.4, -0.2) is 61.2 Å². The topological polar surface area (TPSA) is 75.6 Å². The zero-order chi connectivity index (χ0) is 18.5. The molecule has 26 heavy (non-hydrogen) atoms. The van der Waals surface area contributed by atoms with Crippen molar-refractivity contribution < 1.29 is 14.3 Å². The molecule has 7 heteroatoms. The molecule has 0 spiro atoms. The van der Waals surface area contributed by atoms with E-state index in [1.165, 1.54) is 0 Å². The summed E-state index contributed by atoms with van der Waals surface area (Å²) >= 11 is 0. The predicted octanol–water partition coefficient (Wildman–Crippen LogP) is 1.29. The van der Waals surface area contributed by atoms with Gasteiger partial charge in [-0.15, -0.1) is 0 Å². The lowest BCUT2D eigenvalue weighted by Crippen LogP contribution is -2.42. The first kappa shape index (κ1) is 18.4. The summed E-state index contributed by atoms with van der Waals surface area (Å²) < 4.78 is 7.24. The Bertz CT molecular complexity index is 780. The highest BCUT2D eigenvalue weighted by molar-refractivity contribution is 5.95. The molecule has 1 unspecified atom stereocenters. The highest BCUT2D eigenvalue weighted by atomic mass is 16.5. The summed E-state index contributed by atoms with van der Waals surface area (Å²) in [6, 6.07) is 7.73. The van der Waals surface area contributed by atoms with Gasteiger partial charge in [0.25, 0.3) is 0 Å². The number of hydrogen-bond acceptors (Lipinski definition) is 4. The summed E-state index contributed by atoms with van der Waals surface area (Å²) in [5.41, 5.74) is 1.75. The minimum atomic E-state index is -0.105. The van der Waals surface area contributed by atoms with Crippen LogP contribution in [0.15, 0.2) is 30.5 Å². The van der Waals surface area contributed by atoms with E-state index in [9.17, 15) is 9.59 Å². The maximum atomic E-state index is 12.4. The van der Waals surface area contributed by atoms with Crippen molar-refractivity contribution in [1.29, 1.82) is 0 Å². The summed E-state index contributed by atoms with van der Waals surface area (Å²) in [5.74, 6) is -0.0175. The number of carbonyl (C=O) groups is 2. The van der Waals surface area contributed by atoms with Crippen molar-refractivity contribution in [2.45, 2.75) is 13.5 Å². The lowest BCUT2D eigenvalue weighted by Gasteiger charge is -2.27. The van der Waals surface area contributed by atoms with Crippen molar-refractivity contribution in [2.75, 3.05) is 45.2 Å². The normalized spacial score (nSPS) is 15.8. The molecule has 1 aliphatic rings. The van der Waals surface area contributed by atoms with E-state index in [0.29, 0.717) is 39.4 Å². The molecular weight excluding hydrogens is 332 g/mol. The van der Waals surface area contributed by atoms with Crippen LogP contribution in [0.5, 0.6) is 0 Å². The summed E-state index contributed by atoms with van der Waals surface area (Å²) in [5, 5.41) is 6.95. The van der Waals surface area contributed by atoms with Crippen molar-refractivity contribution >= 4 is 28.4 Å². The van der Waals surface area contributed by atoms with Crippen LogP contribution in [0, 0.1) is 5.92 Å². The number of nitrogens with one attached hydrogen (secondary N) is 2. The standard InChI is InChI=1S/C19H26N4O3/c1-14(12-20-2)19(25)21-16-3-4-17-15(11-16)5-6-23(17)13-18(24)22-7-9-26-10-8-22/h3-6,11,14,20H,7-10,12-13H2,1-2H3,(H,21,25). The molecule has 3 rings (SSSR count). The number of ether oxygens (including phenoxy) is 1. The molecule has 1 aromatic carbocycles. The Morgan fingerprint density at radius 2 is 2.00 bits per heavy atom. The van der Waals surface area contributed by atoms with Gasteiger partial charge in [0.15, 0.2) is 0 Å².